The van der Waals surface area contributed by atoms with Crippen molar-refractivity contribution in [2.75, 3.05) is 13.1 Å². The van der Waals surface area contributed by atoms with Crippen LogP contribution in [0.5, 0.6) is 0 Å². The van der Waals surface area contributed by atoms with E-state index in [1.165, 1.54) is 0 Å². The summed E-state index contributed by atoms with van der Waals surface area (Å²) in [5.74, 6) is 0.187. The lowest BCUT2D eigenvalue weighted by atomic mass is 10.1. The Bertz CT molecular complexity index is 334. The number of likely N-dealkylation sites (N-methyl/N-ethyl adjacent to an activating group) is 1. The normalized spacial score (nSPS) is 10.1. The lowest BCUT2D eigenvalue weighted by molar-refractivity contribution is -0.130. The summed E-state index contributed by atoms with van der Waals surface area (Å²) >= 11 is 3.45. The molecule has 1 aromatic carbocycles. The van der Waals surface area contributed by atoms with Crippen molar-refractivity contribution in [1.82, 2.24) is 4.90 Å². The Balaban J connectivity index is 2.70. The van der Waals surface area contributed by atoms with Gasteiger partial charge in [0.05, 0.1) is 6.42 Å². The van der Waals surface area contributed by atoms with E-state index in [-0.39, 0.29) is 5.91 Å². The Morgan fingerprint density at radius 2 is 1.87 bits per heavy atom. The van der Waals surface area contributed by atoms with Crippen molar-refractivity contribution in [3.05, 3.63) is 34.3 Å². The van der Waals surface area contributed by atoms with Crippen molar-refractivity contribution >= 4 is 21.8 Å². The van der Waals surface area contributed by atoms with Crippen LogP contribution in [0.3, 0.4) is 0 Å². The van der Waals surface area contributed by atoms with Crippen LogP contribution in [0.25, 0.3) is 0 Å². The number of hydrogen-bond acceptors (Lipinski definition) is 1. The lowest BCUT2D eigenvalue weighted by Crippen LogP contribution is -2.31. The molecule has 1 amide bonds. The molecule has 0 aromatic heterocycles. The van der Waals surface area contributed by atoms with Crippen LogP contribution >= 0.6 is 15.9 Å². The minimum Gasteiger partial charge on any atom is -0.343 e. The molecule has 0 aliphatic heterocycles. The van der Waals surface area contributed by atoms with Gasteiger partial charge in [0, 0.05) is 17.6 Å². The minimum absolute atomic E-state index is 0.187. The number of hydrogen-bond donors (Lipinski definition) is 0. The van der Waals surface area contributed by atoms with Crippen molar-refractivity contribution in [2.24, 2.45) is 0 Å². The summed E-state index contributed by atoms with van der Waals surface area (Å²) in [7, 11) is 0. The van der Waals surface area contributed by atoms with Gasteiger partial charge in [-0.25, -0.2) is 0 Å². The highest BCUT2D eigenvalue weighted by molar-refractivity contribution is 9.10. The summed E-state index contributed by atoms with van der Waals surface area (Å²) in [6.45, 7) is 5.56. The van der Waals surface area contributed by atoms with Gasteiger partial charge in [0.2, 0.25) is 5.91 Å². The Hall–Kier alpha value is -0.830. The van der Waals surface area contributed by atoms with Gasteiger partial charge in [-0.1, -0.05) is 34.1 Å². The van der Waals surface area contributed by atoms with Gasteiger partial charge in [-0.3, -0.25) is 4.79 Å². The van der Waals surface area contributed by atoms with Gasteiger partial charge in [-0.2, -0.15) is 0 Å². The van der Waals surface area contributed by atoms with E-state index >= 15 is 0 Å². The van der Waals surface area contributed by atoms with Crippen LogP contribution in [0.4, 0.5) is 0 Å². The highest BCUT2D eigenvalue weighted by atomic mass is 79.9. The van der Waals surface area contributed by atoms with Crippen molar-refractivity contribution < 1.29 is 4.79 Å². The van der Waals surface area contributed by atoms with Gasteiger partial charge in [0.15, 0.2) is 0 Å². The number of rotatable bonds is 4. The molecule has 3 heteroatoms. The fourth-order valence-corrected chi connectivity index (χ4v) is 1.92. The van der Waals surface area contributed by atoms with E-state index in [1.807, 2.05) is 43.0 Å². The molecule has 0 spiro atoms. The summed E-state index contributed by atoms with van der Waals surface area (Å²) in [5.41, 5.74) is 1.05. The van der Waals surface area contributed by atoms with Gasteiger partial charge in [-0.05, 0) is 25.5 Å². The Morgan fingerprint density at radius 3 is 2.40 bits per heavy atom. The zero-order chi connectivity index (χ0) is 11.3. The molecular formula is C12H16BrNO. The van der Waals surface area contributed by atoms with Crippen molar-refractivity contribution in [2.45, 2.75) is 20.3 Å². The molecule has 0 heterocycles. The summed E-state index contributed by atoms with van der Waals surface area (Å²) in [6, 6.07) is 7.85. The second kappa shape index (κ2) is 5.91. The van der Waals surface area contributed by atoms with E-state index in [9.17, 15) is 4.79 Å². The first kappa shape index (κ1) is 12.2. The van der Waals surface area contributed by atoms with Crippen molar-refractivity contribution in [3.8, 4) is 0 Å². The molecule has 0 unspecified atom stereocenters. The molecule has 0 aliphatic rings. The average Bonchev–Trinajstić information content (AvgIpc) is 2.23. The van der Waals surface area contributed by atoms with Gasteiger partial charge >= 0.3 is 0 Å². The maximum absolute atomic E-state index is 11.8. The van der Waals surface area contributed by atoms with Crippen LogP contribution in [0.2, 0.25) is 0 Å². The quantitative estimate of drug-likeness (QED) is 0.823. The van der Waals surface area contributed by atoms with Crippen LogP contribution in [0.15, 0.2) is 28.7 Å². The maximum Gasteiger partial charge on any atom is 0.227 e. The largest absolute Gasteiger partial charge is 0.343 e. The number of benzene rings is 1. The summed E-state index contributed by atoms with van der Waals surface area (Å²) in [6.07, 6.45) is 0.475. The molecule has 0 N–H and O–H groups in total. The second-order valence-corrected chi connectivity index (χ2v) is 4.19. The molecule has 0 bridgehead atoms. The predicted octanol–water partition coefficient (Wildman–Crippen LogP) is 2.86. The van der Waals surface area contributed by atoms with E-state index in [1.54, 1.807) is 0 Å². The third-order valence-corrected chi connectivity index (χ3v) is 3.19. The average molecular weight is 270 g/mol. The molecule has 82 valence electrons. The summed E-state index contributed by atoms with van der Waals surface area (Å²) in [5, 5.41) is 0. The van der Waals surface area contributed by atoms with E-state index in [2.05, 4.69) is 15.9 Å². The molecule has 0 saturated heterocycles. The number of halogens is 1. The van der Waals surface area contributed by atoms with Crippen LogP contribution in [-0.2, 0) is 11.2 Å². The Labute approximate surface area is 99.4 Å². The SMILES string of the molecule is CCN(CC)C(=O)Cc1ccccc1Br. The van der Waals surface area contributed by atoms with Gasteiger partial charge in [-0.15, -0.1) is 0 Å². The van der Waals surface area contributed by atoms with Gasteiger partial charge in [0.25, 0.3) is 0 Å². The zero-order valence-electron chi connectivity index (χ0n) is 9.16. The zero-order valence-corrected chi connectivity index (χ0v) is 10.8. The maximum atomic E-state index is 11.8. The molecule has 0 atom stereocenters. The topological polar surface area (TPSA) is 20.3 Å². The van der Waals surface area contributed by atoms with E-state index in [0.29, 0.717) is 6.42 Å². The van der Waals surface area contributed by atoms with E-state index in [4.69, 9.17) is 0 Å². The second-order valence-electron chi connectivity index (χ2n) is 3.33. The lowest BCUT2D eigenvalue weighted by Gasteiger charge is -2.18. The molecule has 0 fully saturated rings. The first-order chi connectivity index (χ1) is 7.19. The molecule has 1 aromatic rings. The fourth-order valence-electron chi connectivity index (χ4n) is 1.49. The van der Waals surface area contributed by atoms with E-state index < -0.39 is 0 Å². The van der Waals surface area contributed by atoms with Crippen molar-refractivity contribution in [3.63, 3.8) is 0 Å². The Morgan fingerprint density at radius 1 is 1.27 bits per heavy atom. The standard InChI is InChI=1S/C12H16BrNO/c1-3-14(4-2)12(15)9-10-7-5-6-8-11(10)13/h5-8H,3-4,9H2,1-2H3. The summed E-state index contributed by atoms with van der Waals surface area (Å²) in [4.78, 5) is 13.7. The number of nitrogens with zero attached hydrogens (tertiary/aromatic N) is 1. The van der Waals surface area contributed by atoms with E-state index in [0.717, 1.165) is 23.1 Å². The molecule has 0 saturated carbocycles. The smallest absolute Gasteiger partial charge is 0.227 e. The third-order valence-electron chi connectivity index (χ3n) is 2.42. The monoisotopic (exact) mass is 269 g/mol. The number of carbonyl (C=O) groups excluding carboxylic acids is 1. The molecular weight excluding hydrogens is 254 g/mol. The van der Waals surface area contributed by atoms with Crippen molar-refractivity contribution in [1.29, 1.82) is 0 Å². The summed E-state index contributed by atoms with van der Waals surface area (Å²) < 4.78 is 1.01. The first-order valence-corrected chi connectivity index (χ1v) is 5.99. The molecule has 0 aliphatic carbocycles. The molecule has 1 rings (SSSR count). The van der Waals surface area contributed by atoms with Crippen LogP contribution in [0, 0.1) is 0 Å². The molecule has 15 heavy (non-hydrogen) atoms. The molecule has 2 nitrogen and oxygen atoms in total. The predicted molar refractivity (Wildman–Crippen MR) is 65.8 cm³/mol. The number of amides is 1. The first-order valence-electron chi connectivity index (χ1n) is 5.20. The van der Waals surface area contributed by atoms with Crippen LogP contribution in [-0.4, -0.2) is 23.9 Å². The molecule has 0 radical (unpaired) electrons. The number of carbonyl (C=O) groups is 1. The third kappa shape index (κ3) is 3.34. The van der Waals surface area contributed by atoms with Gasteiger partial charge < -0.3 is 4.90 Å². The Kier molecular flexibility index (Phi) is 4.82. The minimum atomic E-state index is 0.187. The van der Waals surface area contributed by atoms with Gasteiger partial charge in [0.1, 0.15) is 0 Å². The highest BCUT2D eigenvalue weighted by Gasteiger charge is 2.11. The van der Waals surface area contributed by atoms with Crippen LogP contribution in [0.1, 0.15) is 19.4 Å². The van der Waals surface area contributed by atoms with Crippen LogP contribution < -0.4 is 0 Å². The highest BCUT2D eigenvalue weighted by Crippen LogP contribution is 2.16. The fraction of sp³-hybridized carbons (Fsp3) is 0.417.